The number of hydrogen-bond donors (Lipinski definition) is 2. The number of benzene rings is 2. The Kier molecular flexibility index (Phi) is 5.29. The first-order chi connectivity index (χ1) is 17.0. The maximum absolute atomic E-state index is 13.3. The van der Waals surface area contributed by atoms with E-state index >= 15 is 0 Å². The van der Waals surface area contributed by atoms with Crippen molar-refractivity contribution in [2.75, 3.05) is 11.9 Å². The summed E-state index contributed by atoms with van der Waals surface area (Å²) in [6.45, 7) is 1.39. The number of amides is 2. The van der Waals surface area contributed by atoms with E-state index in [0.717, 1.165) is 33.8 Å². The summed E-state index contributed by atoms with van der Waals surface area (Å²) in [5, 5.41) is 3.89. The number of halogens is 1. The first-order valence-corrected chi connectivity index (χ1v) is 12.4. The van der Waals surface area contributed by atoms with Gasteiger partial charge in [0.15, 0.2) is 5.78 Å². The molecule has 8 nitrogen and oxygen atoms in total. The number of carbonyl (C=O) groups excluding carboxylic acids is 3. The van der Waals surface area contributed by atoms with E-state index in [1.54, 1.807) is 17.2 Å². The van der Waals surface area contributed by atoms with E-state index in [0.29, 0.717) is 48.7 Å². The summed E-state index contributed by atoms with van der Waals surface area (Å²) in [7, 11) is 0. The fourth-order valence-corrected chi connectivity index (χ4v) is 5.51. The van der Waals surface area contributed by atoms with Gasteiger partial charge in [-0.15, -0.1) is 0 Å². The highest BCUT2D eigenvalue weighted by Gasteiger charge is 2.27. The van der Waals surface area contributed by atoms with Crippen LogP contribution in [0.4, 0.5) is 5.69 Å². The molecule has 35 heavy (non-hydrogen) atoms. The van der Waals surface area contributed by atoms with Gasteiger partial charge in [0.1, 0.15) is 11.5 Å². The van der Waals surface area contributed by atoms with Gasteiger partial charge in [-0.1, -0.05) is 12.1 Å². The topological polar surface area (TPSA) is 100 Å². The van der Waals surface area contributed by atoms with Gasteiger partial charge in [-0.3, -0.25) is 14.4 Å². The molecule has 0 unspecified atom stereocenters. The number of hydrogen-bond acceptors (Lipinski definition) is 4. The van der Waals surface area contributed by atoms with Gasteiger partial charge in [-0.2, -0.15) is 0 Å². The molecule has 0 saturated heterocycles. The van der Waals surface area contributed by atoms with Crippen molar-refractivity contribution in [3.63, 3.8) is 0 Å². The summed E-state index contributed by atoms with van der Waals surface area (Å²) in [5.41, 5.74) is 4.06. The highest BCUT2D eigenvalue weighted by molar-refractivity contribution is 9.10. The van der Waals surface area contributed by atoms with Gasteiger partial charge in [0.2, 0.25) is 0 Å². The van der Waals surface area contributed by atoms with Crippen molar-refractivity contribution in [2.45, 2.75) is 32.4 Å². The number of nitrogens with zero attached hydrogens (tertiary/aromatic N) is 3. The predicted octanol–water partition coefficient (Wildman–Crippen LogP) is 4.55. The first kappa shape index (κ1) is 21.8. The Morgan fingerprint density at radius 2 is 1.97 bits per heavy atom. The molecule has 9 heteroatoms. The van der Waals surface area contributed by atoms with Crippen LogP contribution in [0.25, 0.3) is 10.9 Å². The van der Waals surface area contributed by atoms with Gasteiger partial charge in [-0.25, -0.2) is 4.98 Å². The van der Waals surface area contributed by atoms with Crippen LogP contribution in [-0.4, -0.2) is 43.6 Å². The second-order valence-electron chi connectivity index (χ2n) is 8.93. The molecule has 2 N–H and O–H groups in total. The number of imidazole rings is 1. The van der Waals surface area contributed by atoms with Gasteiger partial charge in [0.05, 0.1) is 22.1 Å². The summed E-state index contributed by atoms with van der Waals surface area (Å²) in [4.78, 5) is 47.8. The van der Waals surface area contributed by atoms with E-state index < -0.39 is 0 Å². The molecule has 2 amide bonds. The Hall–Kier alpha value is -3.72. The number of aromatic nitrogens is 3. The largest absolute Gasteiger partial charge is 0.360 e. The molecule has 0 radical (unpaired) electrons. The molecule has 0 fully saturated rings. The van der Waals surface area contributed by atoms with Crippen LogP contribution in [0.5, 0.6) is 0 Å². The van der Waals surface area contributed by atoms with Gasteiger partial charge in [0, 0.05) is 48.5 Å². The molecule has 3 heterocycles. The number of ketones is 1. The number of rotatable bonds is 3. The van der Waals surface area contributed by atoms with Crippen molar-refractivity contribution in [3.05, 3.63) is 81.5 Å². The number of aromatic amines is 1. The number of nitrogens with one attached hydrogen (secondary N) is 2. The Bertz CT molecular complexity index is 1520. The van der Waals surface area contributed by atoms with Crippen molar-refractivity contribution in [1.82, 2.24) is 19.4 Å². The zero-order valence-electron chi connectivity index (χ0n) is 18.8. The number of H-pyrrole nitrogens is 1. The van der Waals surface area contributed by atoms with Crippen molar-refractivity contribution >= 4 is 50.1 Å². The smallest absolute Gasteiger partial charge is 0.275 e. The fourth-order valence-electron chi connectivity index (χ4n) is 4.86. The van der Waals surface area contributed by atoms with Crippen LogP contribution in [0, 0.1) is 0 Å². The third kappa shape index (κ3) is 3.85. The number of anilines is 1. The monoisotopic (exact) mass is 531 g/mol. The van der Waals surface area contributed by atoms with E-state index in [9.17, 15) is 14.4 Å². The lowest BCUT2D eigenvalue weighted by molar-refractivity contribution is 0.0706. The standard InChI is InChI=1S/C26H22BrN5O3/c27-23-18(7-5-16-8-9-28-24(16)23)26(35)32-11-10-31-13-20(30-22(31)14-32)25(34)29-17-6-4-15-2-1-3-21(33)19(15)12-17/h4-9,12-13,28H,1-3,10-11,14H2,(H,29,34). The molecular formula is C26H22BrN5O3. The van der Waals surface area contributed by atoms with E-state index in [1.165, 1.54) is 0 Å². The molecule has 0 bridgehead atoms. The molecule has 2 aromatic heterocycles. The molecule has 176 valence electrons. The predicted molar refractivity (Wildman–Crippen MR) is 135 cm³/mol. The van der Waals surface area contributed by atoms with Crippen LogP contribution in [0.1, 0.15) is 55.4 Å². The summed E-state index contributed by atoms with van der Waals surface area (Å²) in [6, 6.07) is 11.2. The highest BCUT2D eigenvalue weighted by atomic mass is 79.9. The minimum atomic E-state index is -0.340. The van der Waals surface area contributed by atoms with Crippen LogP contribution >= 0.6 is 15.9 Å². The van der Waals surface area contributed by atoms with Gasteiger partial charge >= 0.3 is 0 Å². The average Bonchev–Trinajstić information content (AvgIpc) is 3.51. The molecule has 1 aliphatic heterocycles. The van der Waals surface area contributed by atoms with Crippen LogP contribution in [0.15, 0.2) is 53.3 Å². The van der Waals surface area contributed by atoms with Crippen LogP contribution in [-0.2, 0) is 19.5 Å². The van der Waals surface area contributed by atoms with Gasteiger partial charge < -0.3 is 19.8 Å². The van der Waals surface area contributed by atoms with Gasteiger partial charge in [-0.05, 0) is 58.6 Å². The number of Topliss-reactive ketones (excluding diaryl/α,β-unsaturated/α-hetero) is 1. The Labute approximate surface area is 209 Å². The lowest BCUT2D eigenvalue weighted by atomic mass is 9.90. The van der Waals surface area contributed by atoms with Crippen molar-refractivity contribution < 1.29 is 14.4 Å². The van der Waals surface area contributed by atoms with Crippen LogP contribution in [0.3, 0.4) is 0 Å². The maximum Gasteiger partial charge on any atom is 0.275 e. The third-order valence-electron chi connectivity index (χ3n) is 6.74. The van der Waals surface area contributed by atoms with E-state index in [4.69, 9.17) is 0 Å². The highest BCUT2D eigenvalue weighted by Crippen LogP contribution is 2.29. The summed E-state index contributed by atoms with van der Waals surface area (Å²) in [5.74, 6) is 0.347. The molecule has 0 atom stereocenters. The first-order valence-electron chi connectivity index (χ1n) is 11.6. The average molecular weight is 532 g/mol. The van der Waals surface area contributed by atoms with Crippen molar-refractivity contribution in [1.29, 1.82) is 0 Å². The second kappa shape index (κ2) is 8.49. The molecule has 6 rings (SSSR count). The van der Waals surface area contributed by atoms with E-state index in [-0.39, 0.29) is 23.3 Å². The lowest BCUT2D eigenvalue weighted by Gasteiger charge is -2.28. The molecular weight excluding hydrogens is 510 g/mol. The van der Waals surface area contributed by atoms with E-state index in [1.807, 2.05) is 41.1 Å². The quantitative estimate of drug-likeness (QED) is 0.404. The molecule has 0 saturated carbocycles. The fraction of sp³-hybridized carbons (Fsp3) is 0.231. The van der Waals surface area contributed by atoms with E-state index in [2.05, 4.69) is 31.2 Å². The molecule has 2 aromatic carbocycles. The SMILES string of the molecule is O=C(Nc1ccc2c(c1)C(=O)CCC2)c1cn2c(n1)CN(C(=O)c1ccc3cc[nH]c3c1Br)CC2. The molecule has 2 aliphatic rings. The minimum Gasteiger partial charge on any atom is -0.360 e. The number of aryl methyl sites for hydroxylation is 1. The zero-order valence-corrected chi connectivity index (χ0v) is 20.4. The Morgan fingerprint density at radius 3 is 2.86 bits per heavy atom. The zero-order chi connectivity index (χ0) is 24.1. The number of carbonyl (C=O) groups is 3. The summed E-state index contributed by atoms with van der Waals surface area (Å²) in [6.07, 6.45) is 5.86. The van der Waals surface area contributed by atoms with Crippen LogP contribution < -0.4 is 5.32 Å². The number of fused-ring (bicyclic) bond motifs is 3. The summed E-state index contributed by atoms with van der Waals surface area (Å²) >= 11 is 3.57. The minimum absolute atomic E-state index is 0.0904. The third-order valence-corrected chi connectivity index (χ3v) is 7.56. The molecule has 4 aromatic rings. The van der Waals surface area contributed by atoms with Crippen molar-refractivity contribution in [2.24, 2.45) is 0 Å². The molecule has 0 spiro atoms. The van der Waals surface area contributed by atoms with Crippen molar-refractivity contribution in [3.8, 4) is 0 Å². The normalized spacial score (nSPS) is 15.1. The Morgan fingerprint density at radius 1 is 1.09 bits per heavy atom. The molecule has 1 aliphatic carbocycles. The van der Waals surface area contributed by atoms with Gasteiger partial charge in [0.25, 0.3) is 11.8 Å². The summed E-state index contributed by atoms with van der Waals surface area (Å²) < 4.78 is 2.65. The second-order valence-corrected chi connectivity index (χ2v) is 9.73. The maximum atomic E-state index is 13.3. The Balaban J connectivity index is 1.19. The lowest BCUT2D eigenvalue weighted by Crippen LogP contribution is -2.38. The van der Waals surface area contributed by atoms with Crippen LogP contribution in [0.2, 0.25) is 0 Å².